The zero-order chi connectivity index (χ0) is 12.3. The molecule has 1 rings (SSSR count). The summed E-state index contributed by atoms with van der Waals surface area (Å²) in [4.78, 5) is 0. The molecule has 16 heavy (non-hydrogen) atoms. The fourth-order valence-electron chi connectivity index (χ4n) is 1.26. The Hall–Kier alpha value is -1.74. The lowest BCUT2D eigenvalue weighted by Gasteiger charge is -2.09. The van der Waals surface area contributed by atoms with Gasteiger partial charge in [-0.25, -0.2) is 0 Å². The molecule has 0 radical (unpaired) electrons. The van der Waals surface area contributed by atoms with Crippen LogP contribution in [0.25, 0.3) is 0 Å². The van der Waals surface area contributed by atoms with E-state index in [9.17, 15) is 12.3 Å². The normalized spacial score (nSPS) is 10.8. The van der Waals surface area contributed by atoms with E-state index in [1.165, 1.54) is 6.07 Å². The molecule has 2 N–H and O–H groups in total. The van der Waals surface area contributed by atoms with Gasteiger partial charge in [0.05, 0.1) is 0 Å². The molecule has 1 aromatic carbocycles. The summed E-state index contributed by atoms with van der Waals surface area (Å²) in [5, 5.41) is 0. The van der Waals surface area contributed by atoms with Crippen LogP contribution in [-0.2, 0) is 16.9 Å². The molecule has 1 aromatic rings. The largest absolute Gasteiger partial charge is 0.488 e. The Morgan fingerprint density at radius 2 is 2.19 bits per heavy atom. The second kappa shape index (κ2) is 4.41. The van der Waals surface area contributed by atoms with Gasteiger partial charge in [-0.05, 0) is 24.1 Å². The number of benzene rings is 1. The number of terminal acetylenes is 1. The summed E-state index contributed by atoms with van der Waals surface area (Å²) in [7, 11) is -5.06. The average molecular weight is 243 g/mol. The van der Waals surface area contributed by atoms with Crippen LogP contribution >= 0.6 is 0 Å². The number of halogens is 1. The van der Waals surface area contributed by atoms with E-state index in [1.807, 2.05) is 0 Å². The molecule has 0 aliphatic heterocycles. The summed E-state index contributed by atoms with van der Waals surface area (Å²) < 4.78 is 37.3. The highest BCUT2D eigenvalue weighted by atomic mass is 32.3. The second-order valence-corrected chi connectivity index (χ2v) is 4.11. The number of rotatable bonds is 3. The molecule has 0 aliphatic carbocycles. The third-order valence-corrected chi connectivity index (χ3v) is 2.35. The third-order valence-electron chi connectivity index (χ3n) is 1.97. The number of anilines is 1. The molecule has 0 fully saturated rings. The van der Waals surface area contributed by atoms with Crippen LogP contribution in [0, 0.1) is 19.3 Å². The standard InChI is InChI=1S/C10H10FNO3S/c1-3-4-8-5-9(12)6-10(7(8)2)15-16(11,13)14/h1,5-6H,4,12H2,2H3. The van der Waals surface area contributed by atoms with Crippen LogP contribution in [0.4, 0.5) is 9.57 Å². The minimum absolute atomic E-state index is 0.146. The highest BCUT2D eigenvalue weighted by molar-refractivity contribution is 7.81. The van der Waals surface area contributed by atoms with Crippen molar-refractivity contribution in [2.24, 2.45) is 0 Å². The highest BCUT2D eigenvalue weighted by Crippen LogP contribution is 2.27. The molecule has 0 aliphatic rings. The Labute approximate surface area is 93.6 Å². The Balaban J connectivity index is 3.25. The molecule has 0 spiro atoms. The van der Waals surface area contributed by atoms with E-state index in [4.69, 9.17) is 12.2 Å². The van der Waals surface area contributed by atoms with Crippen molar-refractivity contribution >= 4 is 16.2 Å². The first-order valence-corrected chi connectivity index (χ1v) is 5.61. The van der Waals surface area contributed by atoms with Gasteiger partial charge in [-0.3, -0.25) is 0 Å². The van der Waals surface area contributed by atoms with Crippen LogP contribution in [0.3, 0.4) is 0 Å². The van der Waals surface area contributed by atoms with Gasteiger partial charge in [-0.1, -0.05) is 3.89 Å². The maximum Gasteiger partial charge on any atom is 0.488 e. The minimum Gasteiger partial charge on any atom is -0.399 e. The molecular formula is C10H10FNO3S. The van der Waals surface area contributed by atoms with Gasteiger partial charge < -0.3 is 9.92 Å². The summed E-state index contributed by atoms with van der Waals surface area (Å²) in [6.07, 6.45) is 5.40. The summed E-state index contributed by atoms with van der Waals surface area (Å²) in [5.74, 6) is 2.24. The van der Waals surface area contributed by atoms with E-state index < -0.39 is 10.5 Å². The third kappa shape index (κ3) is 3.14. The van der Waals surface area contributed by atoms with Crippen LogP contribution in [-0.4, -0.2) is 8.42 Å². The van der Waals surface area contributed by atoms with Gasteiger partial charge in [0.25, 0.3) is 0 Å². The summed E-state index contributed by atoms with van der Waals surface area (Å²) in [6.45, 7) is 1.58. The van der Waals surface area contributed by atoms with Crippen LogP contribution < -0.4 is 9.92 Å². The summed E-state index contributed by atoms with van der Waals surface area (Å²) in [6, 6.07) is 2.82. The summed E-state index contributed by atoms with van der Waals surface area (Å²) >= 11 is 0. The van der Waals surface area contributed by atoms with E-state index in [1.54, 1.807) is 13.0 Å². The second-order valence-electron chi connectivity index (χ2n) is 3.16. The van der Waals surface area contributed by atoms with E-state index in [0.29, 0.717) is 11.1 Å². The first kappa shape index (κ1) is 12.3. The van der Waals surface area contributed by atoms with E-state index >= 15 is 0 Å². The molecule has 4 nitrogen and oxygen atoms in total. The SMILES string of the molecule is C#CCc1cc(N)cc(OS(=O)(=O)F)c1C. The maximum atomic E-state index is 12.4. The van der Waals surface area contributed by atoms with Crippen molar-refractivity contribution in [1.29, 1.82) is 0 Å². The van der Waals surface area contributed by atoms with Gasteiger partial charge in [-0.2, -0.15) is 8.42 Å². The zero-order valence-electron chi connectivity index (χ0n) is 8.53. The van der Waals surface area contributed by atoms with E-state index in [0.717, 1.165) is 0 Å². The highest BCUT2D eigenvalue weighted by Gasteiger charge is 2.14. The van der Waals surface area contributed by atoms with Crippen molar-refractivity contribution in [2.45, 2.75) is 13.3 Å². The van der Waals surface area contributed by atoms with Gasteiger partial charge in [0.15, 0.2) is 5.75 Å². The van der Waals surface area contributed by atoms with Crippen molar-refractivity contribution < 1.29 is 16.5 Å². The monoisotopic (exact) mass is 243 g/mol. The van der Waals surface area contributed by atoms with Gasteiger partial charge in [-0.15, -0.1) is 12.3 Å². The Bertz CT molecular complexity index is 546. The lowest BCUT2D eigenvalue weighted by atomic mass is 10.0. The number of hydrogen-bond donors (Lipinski definition) is 1. The Morgan fingerprint density at radius 1 is 1.56 bits per heavy atom. The lowest BCUT2D eigenvalue weighted by molar-refractivity contribution is 0.438. The lowest BCUT2D eigenvalue weighted by Crippen LogP contribution is -2.05. The van der Waals surface area contributed by atoms with Crippen LogP contribution in [0.1, 0.15) is 11.1 Å². The minimum atomic E-state index is -5.06. The molecule has 0 amide bonds. The number of hydrogen-bond acceptors (Lipinski definition) is 4. The first-order chi connectivity index (χ1) is 7.33. The predicted octanol–water partition coefficient (Wildman–Crippen LogP) is 1.35. The molecule has 0 bridgehead atoms. The molecule has 0 atom stereocenters. The van der Waals surface area contributed by atoms with Gasteiger partial charge in [0.1, 0.15) is 0 Å². The van der Waals surface area contributed by atoms with Crippen molar-refractivity contribution in [3.63, 3.8) is 0 Å². The quantitative estimate of drug-likeness (QED) is 0.494. The first-order valence-electron chi connectivity index (χ1n) is 4.30. The van der Waals surface area contributed by atoms with Crippen LogP contribution in [0.5, 0.6) is 5.75 Å². The van der Waals surface area contributed by atoms with Crippen molar-refractivity contribution in [1.82, 2.24) is 0 Å². The molecule has 86 valence electrons. The fourth-order valence-corrected chi connectivity index (χ4v) is 1.64. The molecule has 0 aromatic heterocycles. The van der Waals surface area contributed by atoms with Gasteiger partial charge >= 0.3 is 10.5 Å². The topological polar surface area (TPSA) is 69.4 Å². The van der Waals surface area contributed by atoms with Gasteiger partial charge in [0.2, 0.25) is 0 Å². The molecule has 0 saturated carbocycles. The molecule has 6 heteroatoms. The maximum absolute atomic E-state index is 12.4. The summed E-state index contributed by atoms with van der Waals surface area (Å²) in [5.41, 5.74) is 6.85. The average Bonchev–Trinajstić information content (AvgIpc) is 2.11. The predicted molar refractivity (Wildman–Crippen MR) is 58.8 cm³/mol. The number of nitrogen functional groups attached to an aromatic ring is 1. The van der Waals surface area contributed by atoms with Crippen molar-refractivity contribution in [3.05, 3.63) is 23.3 Å². The number of nitrogens with two attached hydrogens (primary N) is 1. The molecular weight excluding hydrogens is 233 g/mol. The molecule has 0 heterocycles. The smallest absolute Gasteiger partial charge is 0.399 e. The Morgan fingerprint density at radius 3 is 2.69 bits per heavy atom. The van der Waals surface area contributed by atoms with Crippen LogP contribution in [0.2, 0.25) is 0 Å². The molecule has 0 unspecified atom stereocenters. The van der Waals surface area contributed by atoms with Gasteiger partial charge in [0, 0.05) is 18.2 Å². The van der Waals surface area contributed by atoms with E-state index in [-0.39, 0.29) is 17.9 Å². The Kier molecular flexibility index (Phi) is 3.40. The molecule has 0 saturated heterocycles. The fraction of sp³-hybridized carbons (Fsp3) is 0.200. The van der Waals surface area contributed by atoms with Crippen molar-refractivity contribution in [2.75, 3.05) is 5.73 Å². The van der Waals surface area contributed by atoms with E-state index in [2.05, 4.69) is 10.1 Å². The zero-order valence-corrected chi connectivity index (χ0v) is 9.34. The van der Waals surface area contributed by atoms with Crippen molar-refractivity contribution in [3.8, 4) is 18.1 Å². The van der Waals surface area contributed by atoms with Crippen LogP contribution in [0.15, 0.2) is 12.1 Å².